The lowest BCUT2D eigenvalue weighted by molar-refractivity contribution is -0.127. The van der Waals surface area contributed by atoms with Gasteiger partial charge in [0.25, 0.3) is 11.1 Å². The molecule has 0 radical (unpaired) electrons. The van der Waals surface area contributed by atoms with Crippen LogP contribution in [0.15, 0.2) is 68.4 Å². The van der Waals surface area contributed by atoms with Gasteiger partial charge in [-0.15, -0.1) is 0 Å². The van der Waals surface area contributed by atoms with Crippen molar-refractivity contribution in [3.05, 3.63) is 80.3 Å². The summed E-state index contributed by atoms with van der Waals surface area (Å²) >= 11 is 10.2. The molecule has 0 aliphatic carbocycles. The largest absolute Gasteiger partial charge is 0.457 e. The van der Waals surface area contributed by atoms with Gasteiger partial charge in [-0.05, 0) is 60.6 Å². The zero-order valence-electron chi connectivity index (χ0n) is 16.7. The molecule has 32 heavy (non-hydrogen) atoms. The third-order valence-electron chi connectivity index (χ3n) is 4.66. The van der Waals surface area contributed by atoms with E-state index in [4.69, 9.17) is 16.0 Å². The Hall–Kier alpha value is -2.81. The first kappa shape index (κ1) is 22.4. The highest BCUT2D eigenvalue weighted by molar-refractivity contribution is 9.10. The number of hydrogen-bond donors (Lipinski definition) is 1. The highest BCUT2D eigenvalue weighted by atomic mass is 79.9. The van der Waals surface area contributed by atoms with Gasteiger partial charge >= 0.3 is 0 Å². The highest BCUT2D eigenvalue weighted by Gasteiger charge is 2.36. The van der Waals surface area contributed by atoms with Crippen LogP contribution in [0.4, 0.5) is 10.5 Å². The lowest BCUT2D eigenvalue weighted by atomic mass is 10.2. The van der Waals surface area contributed by atoms with Crippen molar-refractivity contribution in [2.75, 3.05) is 11.9 Å². The van der Waals surface area contributed by atoms with Gasteiger partial charge in [-0.2, -0.15) is 0 Å². The van der Waals surface area contributed by atoms with Gasteiger partial charge in [0.05, 0.1) is 4.91 Å². The molecule has 3 amide bonds. The fourth-order valence-electron chi connectivity index (χ4n) is 2.98. The van der Waals surface area contributed by atoms with Crippen molar-refractivity contribution in [3.8, 4) is 11.3 Å². The lowest BCUT2D eigenvalue weighted by Gasteiger charge is -2.12. The molecule has 2 heterocycles. The van der Waals surface area contributed by atoms with E-state index in [1.54, 1.807) is 30.3 Å². The first-order chi connectivity index (χ1) is 15.3. The number of anilines is 1. The third-order valence-corrected chi connectivity index (χ3v) is 6.50. The smallest absolute Gasteiger partial charge is 0.294 e. The summed E-state index contributed by atoms with van der Waals surface area (Å²) in [5.41, 5.74) is 2.25. The Labute approximate surface area is 201 Å². The minimum absolute atomic E-state index is 0.192. The summed E-state index contributed by atoms with van der Waals surface area (Å²) in [4.78, 5) is 38.5. The molecule has 0 atom stereocenters. The van der Waals surface area contributed by atoms with Crippen molar-refractivity contribution < 1.29 is 18.8 Å². The molecule has 4 rings (SSSR count). The predicted molar refractivity (Wildman–Crippen MR) is 129 cm³/mol. The van der Waals surface area contributed by atoms with Gasteiger partial charge in [0.2, 0.25) is 5.91 Å². The fourth-order valence-corrected chi connectivity index (χ4v) is 4.24. The Morgan fingerprint density at radius 3 is 2.62 bits per heavy atom. The maximum atomic E-state index is 12.7. The summed E-state index contributed by atoms with van der Waals surface area (Å²) in [6, 6.07) is 16.2. The van der Waals surface area contributed by atoms with Gasteiger partial charge in [-0.1, -0.05) is 45.7 Å². The van der Waals surface area contributed by atoms with Crippen LogP contribution in [0.1, 0.15) is 11.3 Å². The van der Waals surface area contributed by atoms with Crippen LogP contribution in [0.5, 0.6) is 0 Å². The van der Waals surface area contributed by atoms with E-state index in [0.29, 0.717) is 22.2 Å². The summed E-state index contributed by atoms with van der Waals surface area (Å²) in [6.45, 7) is 1.46. The second-order valence-corrected chi connectivity index (χ2v) is 9.30. The monoisotopic (exact) mass is 530 g/mol. The summed E-state index contributed by atoms with van der Waals surface area (Å²) < 4.78 is 6.75. The Morgan fingerprint density at radius 2 is 1.91 bits per heavy atom. The van der Waals surface area contributed by atoms with Gasteiger partial charge in [0, 0.05) is 26.8 Å². The Bertz CT molecular complexity index is 1250. The summed E-state index contributed by atoms with van der Waals surface area (Å²) in [5.74, 6) is 0.0361. The van der Waals surface area contributed by atoms with Crippen molar-refractivity contribution in [1.29, 1.82) is 0 Å². The second-order valence-electron chi connectivity index (χ2n) is 6.99. The van der Waals surface area contributed by atoms with Crippen molar-refractivity contribution >= 4 is 68.1 Å². The number of aryl methyl sites for hydroxylation is 1. The topological polar surface area (TPSA) is 79.6 Å². The van der Waals surface area contributed by atoms with E-state index in [-0.39, 0.29) is 4.91 Å². The molecule has 3 aromatic rings. The second kappa shape index (κ2) is 9.36. The van der Waals surface area contributed by atoms with Crippen LogP contribution in [0.3, 0.4) is 0 Å². The number of nitrogens with zero attached hydrogens (tertiary/aromatic N) is 1. The molecule has 1 N–H and O–H groups in total. The van der Waals surface area contributed by atoms with Gasteiger partial charge in [0.15, 0.2) is 0 Å². The fraction of sp³-hybridized carbons (Fsp3) is 0.0870. The highest BCUT2D eigenvalue weighted by Crippen LogP contribution is 2.33. The first-order valence-electron chi connectivity index (χ1n) is 9.47. The Morgan fingerprint density at radius 1 is 1.16 bits per heavy atom. The number of imide groups is 1. The number of benzene rings is 2. The van der Waals surface area contributed by atoms with Crippen molar-refractivity contribution in [2.45, 2.75) is 6.92 Å². The zero-order chi connectivity index (χ0) is 22.8. The number of amides is 3. The molecule has 1 aromatic heterocycles. The number of halogens is 2. The van der Waals surface area contributed by atoms with Crippen LogP contribution in [0.25, 0.3) is 17.4 Å². The number of thioether (sulfide) groups is 1. The predicted octanol–water partition coefficient (Wildman–Crippen LogP) is 6.35. The Balaban J connectivity index is 1.44. The molecule has 2 aromatic carbocycles. The molecule has 6 nitrogen and oxygen atoms in total. The first-order valence-corrected chi connectivity index (χ1v) is 11.5. The molecule has 9 heteroatoms. The van der Waals surface area contributed by atoms with Gasteiger partial charge in [-0.25, -0.2) is 0 Å². The van der Waals surface area contributed by atoms with Crippen molar-refractivity contribution in [1.82, 2.24) is 4.90 Å². The molecule has 0 unspecified atom stereocenters. The van der Waals surface area contributed by atoms with Gasteiger partial charge in [0.1, 0.15) is 18.1 Å². The zero-order valence-corrected chi connectivity index (χ0v) is 19.9. The molecule has 0 bridgehead atoms. The molecule has 1 aliphatic rings. The minimum atomic E-state index is -0.543. The van der Waals surface area contributed by atoms with Crippen LogP contribution in [0.2, 0.25) is 5.02 Å². The molecule has 162 valence electrons. The number of hydrogen-bond acceptors (Lipinski definition) is 5. The molecule has 1 aliphatic heterocycles. The maximum absolute atomic E-state index is 12.7. The summed E-state index contributed by atoms with van der Waals surface area (Å²) in [5, 5.41) is 2.64. The number of furan rings is 1. The van der Waals surface area contributed by atoms with E-state index in [1.807, 2.05) is 31.2 Å². The van der Waals surface area contributed by atoms with Gasteiger partial charge in [-0.3, -0.25) is 19.3 Å². The van der Waals surface area contributed by atoms with Crippen LogP contribution in [-0.2, 0) is 9.59 Å². The van der Waals surface area contributed by atoms with E-state index >= 15 is 0 Å². The van der Waals surface area contributed by atoms with Crippen LogP contribution < -0.4 is 5.32 Å². The van der Waals surface area contributed by atoms with Crippen LogP contribution >= 0.6 is 39.3 Å². The molecule has 1 fully saturated rings. The van der Waals surface area contributed by atoms with Crippen LogP contribution in [-0.4, -0.2) is 28.5 Å². The van der Waals surface area contributed by atoms with E-state index in [2.05, 4.69) is 21.2 Å². The number of nitrogens with one attached hydrogen (secondary N) is 1. The standard InChI is InChI=1S/C23H16BrClN2O4S/c1-13-2-7-16(10-18(13)25)26-21(28)12-27-22(29)20(32-23(27)30)11-17-8-9-19(31-17)14-3-5-15(24)6-4-14/h2-11H,12H2,1H3,(H,26,28)/b20-11+. The minimum Gasteiger partial charge on any atom is -0.457 e. The third kappa shape index (κ3) is 4.98. The summed E-state index contributed by atoms with van der Waals surface area (Å²) in [6.07, 6.45) is 1.50. The van der Waals surface area contributed by atoms with E-state index in [9.17, 15) is 14.4 Å². The van der Waals surface area contributed by atoms with E-state index in [0.717, 1.165) is 32.3 Å². The van der Waals surface area contributed by atoms with E-state index in [1.165, 1.54) is 6.08 Å². The average Bonchev–Trinajstić information content (AvgIpc) is 3.32. The average molecular weight is 532 g/mol. The molecular weight excluding hydrogens is 516 g/mol. The maximum Gasteiger partial charge on any atom is 0.294 e. The molecule has 0 spiro atoms. The van der Waals surface area contributed by atoms with E-state index < -0.39 is 23.6 Å². The summed E-state index contributed by atoms with van der Waals surface area (Å²) in [7, 11) is 0. The van der Waals surface area contributed by atoms with Crippen LogP contribution in [0, 0.1) is 6.92 Å². The molecular formula is C23H16BrClN2O4S. The number of carbonyl (C=O) groups is 3. The number of rotatable bonds is 5. The van der Waals surface area contributed by atoms with Gasteiger partial charge < -0.3 is 9.73 Å². The normalized spacial score (nSPS) is 15.0. The SMILES string of the molecule is Cc1ccc(NC(=O)CN2C(=O)S/C(=C/c3ccc(-c4ccc(Br)cc4)o3)C2=O)cc1Cl. The Kier molecular flexibility index (Phi) is 6.55. The molecule has 1 saturated heterocycles. The molecule has 0 saturated carbocycles. The van der Waals surface area contributed by atoms with Crippen molar-refractivity contribution in [2.24, 2.45) is 0 Å². The lowest BCUT2D eigenvalue weighted by Crippen LogP contribution is -2.36. The number of carbonyl (C=O) groups excluding carboxylic acids is 3. The van der Waals surface area contributed by atoms with Crippen molar-refractivity contribution in [3.63, 3.8) is 0 Å². The quantitative estimate of drug-likeness (QED) is 0.388.